The van der Waals surface area contributed by atoms with Crippen LogP contribution in [0.15, 0.2) is 18.5 Å². The van der Waals surface area contributed by atoms with Crippen molar-refractivity contribution < 1.29 is 0 Å². The van der Waals surface area contributed by atoms with Gasteiger partial charge in [0.1, 0.15) is 0 Å². The summed E-state index contributed by atoms with van der Waals surface area (Å²) < 4.78 is 0.431. The number of aromatic amines is 1. The number of hydrogen-bond acceptors (Lipinski definition) is 1. The highest BCUT2D eigenvalue weighted by atomic mass is 32.2. The van der Waals surface area contributed by atoms with E-state index in [1.807, 2.05) is 18.0 Å². The molecule has 2 heteroatoms. The average Bonchev–Trinajstić information content (AvgIpc) is 2.33. The minimum atomic E-state index is 0.431. The summed E-state index contributed by atoms with van der Waals surface area (Å²) in [5, 5.41) is 0. The zero-order valence-electron chi connectivity index (χ0n) is 6.05. The zero-order chi connectivity index (χ0) is 7.03. The summed E-state index contributed by atoms with van der Waals surface area (Å²) in [5.41, 5.74) is 1.45. The SMILES string of the molecule is CC1(c2cc[nH]c2)CCS1. The van der Waals surface area contributed by atoms with Crippen molar-refractivity contribution in [2.24, 2.45) is 0 Å². The van der Waals surface area contributed by atoms with Gasteiger partial charge in [-0.15, -0.1) is 0 Å². The minimum Gasteiger partial charge on any atom is -0.367 e. The normalized spacial score (nSPS) is 31.7. The maximum Gasteiger partial charge on any atom is 0.0403 e. The molecule has 0 spiro atoms. The molecule has 2 rings (SSSR count). The predicted molar refractivity (Wildman–Crippen MR) is 45.2 cm³/mol. The van der Waals surface area contributed by atoms with Crippen LogP contribution >= 0.6 is 11.8 Å². The van der Waals surface area contributed by atoms with Gasteiger partial charge in [0, 0.05) is 17.1 Å². The number of thioether (sulfide) groups is 1. The summed E-state index contributed by atoms with van der Waals surface area (Å²) in [7, 11) is 0. The maximum atomic E-state index is 3.09. The van der Waals surface area contributed by atoms with Gasteiger partial charge in [-0.2, -0.15) is 11.8 Å². The molecule has 0 radical (unpaired) electrons. The molecule has 1 atom stereocenters. The van der Waals surface area contributed by atoms with Gasteiger partial charge in [0.2, 0.25) is 0 Å². The molecule has 1 fully saturated rings. The zero-order valence-corrected chi connectivity index (χ0v) is 6.87. The first-order valence-corrected chi connectivity index (χ1v) is 4.57. The van der Waals surface area contributed by atoms with E-state index in [0.29, 0.717) is 4.75 Å². The van der Waals surface area contributed by atoms with E-state index >= 15 is 0 Å². The molecule has 1 unspecified atom stereocenters. The minimum absolute atomic E-state index is 0.431. The topological polar surface area (TPSA) is 15.8 Å². The molecule has 0 aliphatic carbocycles. The Morgan fingerprint density at radius 1 is 1.70 bits per heavy atom. The van der Waals surface area contributed by atoms with Gasteiger partial charge in [-0.1, -0.05) is 0 Å². The van der Waals surface area contributed by atoms with Crippen molar-refractivity contribution in [1.82, 2.24) is 4.98 Å². The first-order chi connectivity index (χ1) is 4.81. The van der Waals surface area contributed by atoms with E-state index < -0.39 is 0 Å². The van der Waals surface area contributed by atoms with Crippen molar-refractivity contribution in [1.29, 1.82) is 0 Å². The van der Waals surface area contributed by atoms with Crippen molar-refractivity contribution in [2.75, 3.05) is 5.75 Å². The number of rotatable bonds is 1. The van der Waals surface area contributed by atoms with Crippen LogP contribution in [0.5, 0.6) is 0 Å². The van der Waals surface area contributed by atoms with Gasteiger partial charge in [-0.05, 0) is 30.7 Å². The van der Waals surface area contributed by atoms with Crippen LogP contribution in [0.25, 0.3) is 0 Å². The van der Waals surface area contributed by atoms with Crippen LogP contribution in [0, 0.1) is 0 Å². The fourth-order valence-corrected chi connectivity index (χ4v) is 2.40. The molecular weight excluding hydrogens is 142 g/mol. The molecule has 1 aromatic rings. The Labute approximate surface area is 65.2 Å². The second-order valence-corrected chi connectivity index (χ2v) is 4.53. The molecule has 1 aliphatic rings. The lowest BCUT2D eigenvalue weighted by Crippen LogP contribution is -2.27. The van der Waals surface area contributed by atoms with Crippen molar-refractivity contribution >= 4 is 11.8 Å². The van der Waals surface area contributed by atoms with E-state index in [9.17, 15) is 0 Å². The average molecular weight is 153 g/mol. The maximum absolute atomic E-state index is 3.09. The lowest BCUT2D eigenvalue weighted by molar-refractivity contribution is 0.627. The second kappa shape index (κ2) is 2.06. The van der Waals surface area contributed by atoms with E-state index in [-0.39, 0.29) is 0 Å². The van der Waals surface area contributed by atoms with Crippen molar-refractivity contribution in [3.63, 3.8) is 0 Å². The van der Waals surface area contributed by atoms with Crippen LogP contribution in [0.1, 0.15) is 18.9 Å². The lowest BCUT2D eigenvalue weighted by atomic mass is 10.00. The molecule has 1 nitrogen and oxygen atoms in total. The molecule has 2 heterocycles. The van der Waals surface area contributed by atoms with Gasteiger partial charge in [0.25, 0.3) is 0 Å². The van der Waals surface area contributed by atoms with Crippen molar-refractivity contribution in [3.05, 3.63) is 24.0 Å². The monoisotopic (exact) mass is 153 g/mol. The quantitative estimate of drug-likeness (QED) is 0.655. The fraction of sp³-hybridized carbons (Fsp3) is 0.500. The third-order valence-corrected chi connectivity index (χ3v) is 3.69. The molecule has 0 amide bonds. The summed E-state index contributed by atoms with van der Waals surface area (Å²) in [6.45, 7) is 2.31. The molecule has 54 valence electrons. The Kier molecular flexibility index (Phi) is 1.31. The third-order valence-electron chi connectivity index (χ3n) is 2.21. The van der Waals surface area contributed by atoms with Crippen molar-refractivity contribution in [3.8, 4) is 0 Å². The van der Waals surface area contributed by atoms with Gasteiger partial charge in [-0.25, -0.2) is 0 Å². The van der Waals surface area contributed by atoms with Gasteiger partial charge >= 0.3 is 0 Å². The predicted octanol–water partition coefficient (Wildman–Crippen LogP) is 2.37. The molecule has 1 aromatic heterocycles. The number of nitrogens with one attached hydrogen (secondary N) is 1. The first-order valence-electron chi connectivity index (χ1n) is 3.58. The van der Waals surface area contributed by atoms with Crippen molar-refractivity contribution in [2.45, 2.75) is 18.1 Å². The Morgan fingerprint density at radius 2 is 2.50 bits per heavy atom. The number of hydrogen-bond donors (Lipinski definition) is 1. The fourth-order valence-electron chi connectivity index (χ4n) is 1.29. The Bertz CT molecular complexity index is 211. The van der Waals surface area contributed by atoms with Gasteiger partial charge in [0.05, 0.1) is 0 Å². The molecule has 1 aliphatic heterocycles. The highest BCUT2D eigenvalue weighted by molar-refractivity contribution is 8.01. The van der Waals surface area contributed by atoms with Crippen LogP contribution in [-0.4, -0.2) is 10.7 Å². The van der Waals surface area contributed by atoms with Crippen LogP contribution < -0.4 is 0 Å². The molecule has 1 saturated heterocycles. The lowest BCUT2D eigenvalue weighted by Gasteiger charge is -2.37. The summed E-state index contributed by atoms with van der Waals surface area (Å²) in [4.78, 5) is 3.09. The molecule has 0 aromatic carbocycles. The molecule has 0 bridgehead atoms. The smallest absolute Gasteiger partial charge is 0.0403 e. The molecule has 10 heavy (non-hydrogen) atoms. The summed E-state index contributed by atoms with van der Waals surface area (Å²) in [6, 6.07) is 2.17. The summed E-state index contributed by atoms with van der Waals surface area (Å²) >= 11 is 2.05. The third kappa shape index (κ3) is 0.788. The standard InChI is InChI=1S/C8H11NS/c1-8(3-5-10-8)7-2-4-9-6-7/h2,4,6,9H,3,5H2,1H3. The van der Waals surface area contributed by atoms with Crippen LogP contribution in [0.2, 0.25) is 0 Å². The van der Waals surface area contributed by atoms with E-state index in [1.165, 1.54) is 17.7 Å². The van der Waals surface area contributed by atoms with Crippen LogP contribution in [-0.2, 0) is 4.75 Å². The summed E-state index contributed by atoms with van der Waals surface area (Å²) in [6.07, 6.45) is 5.43. The highest BCUT2D eigenvalue weighted by Crippen LogP contribution is 2.48. The van der Waals surface area contributed by atoms with E-state index in [2.05, 4.69) is 24.2 Å². The van der Waals surface area contributed by atoms with Gasteiger partial charge in [-0.3, -0.25) is 0 Å². The molecule has 1 N–H and O–H groups in total. The van der Waals surface area contributed by atoms with E-state index in [4.69, 9.17) is 0 Å². The van der Waals surface area contributed by atoms with Gasteiger partial charge in [0.15, 0.2) is 0 Å². The van der Waals surface area contributed by atoms with Gasteiger partial charge < -0.3 is 4.98 Å². The Hall–Kier alpha value is -0.370. The Balaban J connectivity index is 2.27. The van der Waals surface area contributed by atoms with Crippen LogP contribution in [0.4, 0.5) is 0 Å². The number of H-pyrrole nitrogens is 1. The van der Waals surface area contributed by atoms with Crippen LogP contribution in [0.3, 0.4) is 0 Å². The number of aromatic nitrogens is 1. The molecular formula is C8H11NS. The summed E-state index contributed by atoms with van der Waals surface area (Å²) in [5.74, 6) is 1.32. The second-order valence-electron chi connectivity index (χ2n) is 2.93. The molecule has 0 saturated carbocycles. The Morgan fingerprint density at radius 3 is 2.90 bits per heavy atom. The van der Waals surface area contributed by atoms with E-state index in [1.54, 1.807) is 0 Å². The largest absolute Gasteiger partial charge is 0.367 e. The van der Waals surface area contributed by atoms with E-state index in [0.717, 1.165) is 0 Å². The first kappa shape index (κ1) is 6.35. The highest BCUT2D eigenvalue weighted by Gasteiger charge is 2.34.